The zero-order chi connectivity index (χ0) is 13.3. The van der Waals surface area contributed by atoms with Crippen molar-refractivity contribution in [3.8, 4) is 0 Å². The van der Waals surface area contributed by atoms with E-state index in [0.717, 1.165) is 37.0 Å². The van der Waals surface area contributed by atoms with E-state index in [1.54, 1.807) is 0 Å². The molecule has 3 nitrogen and oxygen atoms in total. The fourth-order valence-electron chi connectivity index (χ4n) is 2.40. The van der Waals surface area contributed by atoms with Gasteiger partial charge in [0.25, 0.3) is 0 Å². The Bertz CT molecular complexity index is 240. The molecule has 0 aliphatic rings. The van der Waals surface area contributed by atoms with Crippen LogP contribution in [0, 0.1) is 0 Å². The molecule has 0 bridgehead atoms. The molecule has 0 aliphatic carbocycles. The first-order chi connectivity index (χ1) is 8.06. The Kier molecular flexibility index (Phi) is 7.88. The van der Waals surface area contributed by atoms with E-state index in [4.69, 9.17) is 4.74 Å². The van der Waals surface area contributed by atoms with Crippen molar-refractivity contribution in [2.75, 3.05) is 26.2 Å². The number of ether oxygens (including phenoxy) is 1. The van der Waals surface area contributed by atoms with Crippen molar-refractivity contribution in [3.05, 3.63) is 12.7 Å². The fourth-order valence-corrected chi connectivity index (χ4v) is 2.40. The molecular weight excluding hydrogens is 214 g/mol. The summed E-state index contributed by atoms with van der Waals surface area (Å²) in [6, 6.07) is 0.613. The second kappa shape index (κ2) is 8.29. The maximum atomic E-state index is 11.0. The lowest BCUT2D eigenvalue weighted by atomic mass is 10.1. The molecule has 0 aromatic heterocycles. The Balaban J connectivity index is 4.46. The number of quaternary nitrogens is 1. The predicted octanol–water partition coefficient (Wildman–Crippen LogP) is 2.76. The van der Waals surface area contributed by atoms with Crippen molar-refractivity contribution in [2.24, 2.45) is 0 Å². The number of hydrogen-bond acceptors (Lipinski definition) is 2. The highest BCUT2D eigenvalue weighted by molar-refractivity contribution is 5.81. The Morgan fingerprint density at radius 1 is 1.35 bits per heavy atom. The van der Waals surface area contributed by atoms with Gasteiger partial charge in [0.2, 0.25) is 0 Å². The van der Waals surface area contributed by atoms with Crippen LogP contribution >= 0.6 is 0 Å². The second-order valence-corrected chi connectivity index (χ2v) is 4.61. The number of hydrogen-bond donors (Lipinski definition) is 0. The lowest BCUT2D eigenvalue weighted by Gasteiger charge is -2.42. The van der Waals surface area contributed by atoms with Crippen molar-refractivity contribution in [2.45, 2.75) is 46.6 Å². The largest absolute Gasteiger partial charge is 0.457 e. The van der Waals surface area contributed by atoms with E-state index in [2.05, 4.69) is 34.3 Å². The minimum absolute atomic E-state index is 0.320. The molecule has 0 aromatic rings. The van der Waals surface area contributed by atoms with Crippen molar-refractivity contribution >= 4 is 5.97 Å². The molecule has 0 saturated heterocycles. The van der Waals surface area contributed by atoms with Gasteiger partial charge in [-0.2, -0.15) is 0 Å². The summed E-state index contributed by atoms with van der Waals surface area (Å²) in [7, 11) is 0. The first kappa shape index (κ1) is 16.2. The van der Waals surface area contributed by atoms with Gasteiger partial charge in [0.05, 0.1) is 19.1 Å². The standard InChI is InChI=1S/C14H28NO2/c1-6-10-15(9-4,13(5)7-2)11-12-17-14(16)8-3/h8,13H,3,6-7,9-12H2,1-2,4-5H3/q+1. The molecule has 0 N–H and O–H groups in total. The summed E-state index contributed by atoms with van der Waals surface area (Å²) in [5.74, 6) is -0.320. The Morgan fingerprint density at radius 3 is 2.41 bits per heavy atom. The van der Waals surface area contributed by atoms with E-state index in [1.807, 2.05) is 0 Å². The number of likely N-dealkylation sites (N-methyl/N-ethyl adjacent to an activating group) is 1. The maximum absolute atomic E-state index is 11.0. The Hall–Kier alpha value is -0.830. The highest BCUT2D eigenvalue weighted by Crippen LogP contribution is 2.17. The lowest BCUT2D eigenvalue weighted by molar-refractivity contribution is -0.948. The fraction of sp³-hybridized carbons (Fsp3) is 0.786. The Labute approximate surface area is 106 Å². The van der Waals surface area contributed by atoms with Crippen molar-refractivity contribution in [1.29, 1.82) is 0 Å². The van der Waals surface area contributed by atoms with Gasteiger partial charge in [-0.25, -0.2) is 4.79 Å². The first-order valence-corrected chi connectivity index (χ1v) is 6.71. The molecule has 100 valence electrons. The van der Waals surface area contributed by atoms with Gasteiger partial charge in [0.15, 0.2) is 0 Å². The minimum atomic E-state index is -0.320. The van der Waals surface area contributed by atoms with Gasteiger partial charge in [-0.3, -0.25) is 0 Å². The summed E-state index contributed by atoms with van der Waals surface area (Å²) in [4.78, 5) is 11.0. The molecule has 2 atom stereocenters. The van der Waals surface area contributed by atoms with Gasteiger partial charge in [-0.05, 0) is 26.7 Å². The van der Waals surface area contributed by atoms with E-state index >= 15 is 0 Å². The van der Waals surface area contributed by atoms with Crippen LogP contribution in [0.1, 0.15) is 40.5 Å². The Morgan fingerprint density at radius 2 is 2.00 bits per heavy atom. The molecule has 0 amide bonds. The monoisotopic (exact) mass is 242 g/mol. The maximum Gasteiger partial charge on any atom is 0.330 e. The van der Waals surface area contributed by atoms with E-state index in [0.29, 0.717) is 12.6 Å². The summed E-state index contributed by atoms with van der Waals surface area (Å²) in [6.45, 7) is 16.0. The molecule has 17 heavy (non-hydrogen) atoms. The average Bonchev–Trinajstić information content (AvgIpc) is 2.36. The topological polar surface area (TPSA) is 26.3 Å². The van der Waals surface area contributed by atoms with Crippen LogP contribution in [0.2, 0.25) is 0 Å². The van der Waals surface area contributed by atoms with Gasteiger partial charge in [0, 0.05) is 6.08 Å². The van der Waals surface area contributed by atoms with Crippen LogP contribution in [0.4, 0.5) is 0 Å². The molecule has 0 spiro atoms. The molecule has 0 aromatic carbocycles. The molecule has 0 rings (SSSR count). The van der Waals surface area contributed by atoms with Gasteiger partial charge in [0.1, 0.15) is 13.2 Å². The molecule has 0 fully saturated rings. The quantitative estimate of drug-likeness (QED) is 0.353. The SMILES string of the molecule is C=CC(=O)OCC[N+](CC)(CCC)C(C)CC. The van der Waals surface area contributed by atoms with Crippen LogP contribution in [0.5, 0.6) is 0 Å². The van der Waals surface area contributed by atoms with Crippen LogP contribution < -0.4 is 0 Å². The van der Waals surface area contributed by atoms with Crippen LogP contribution in [-0.4, -0.2) is 42.7 Å². The lowest BCUT2D eigenvalue weighted by Crippen LogP contribution is -2.56. The van der Waals surface area contributed by atoms with Gasteiger partial charge >= 0.3 is 5.97 Å². The summed E-state index contributed by atoms with van der Waals surface area (Å²) < 4.78 is 6.16. The first-order valence-electron chi connectivity index (χ1n) is 6.71. The number of carbonyl (C=O) groups excluding carboxylic acids is 1. The second-order valence-electron chi connectivity index (χ2n) is 4.61. The van der Waals surface area contributed by atoms with Crippen molar-refractivity contribution in [3.63, 3.8) is 0 Å². The third kappa shape index (κ3) is 4.90. The zero-order valence-corrected chi connectivity index (χ0v) is 11.9. The average molecular weight is 242 g/mol. The molecule has 0 radical (unpaired) electrons. The van der Waals surface area contributed by atoms with Crippen molar-refractivity contribution in [1.82, 2.24) is 0 Å². The molecule has 2 unspecified atom stereocenters. The van der Waals surface area contributed by atoms with E-state index in [1.165, 1.54) is 6.08 Å². The van der Waals surface area contributed by atoms with Crippen LogP contribution in [0.3, 0.4) is 0 Å². The van der Waals surface area contributed by atoms with E-state index < -0.39 is 0 Å². The molecule has 0 saturated carbocycles. The number of rotatable bonds is 9. The van der Waals surface area contributed by atoms with Crippen LogP contribution in [-0.2, 0) is 9.53 Å². The molecular formula is C14H28NO2+. The van der Waals surface area contributed by atoms with E-state index in [9.17, 15) is 4.79 Å². The highest BCUT2D eigenvalue weighted by Gasteiger charge is 2.30. The van der Waals surface area contributed by atoms with Crippen LogP contribution in [0.15, 0.2) is 12.7 Å². The molecule has 0 heterocycles. The minimum Gasteiger partial charge on any atom is -0.457 e. The zero-order valence-electron chi connectivity index (χ0n) is 11.9. The summed E-state index contributed by atoms with van der Waals surface area (Å²) in [5, 5.41) is 0. The third-order valence-electron chi connectivity index (χ3n) is 3.77. The van der Waals surface area contributed by atoms with Gasteiger partial charge in [-0.1, -0.05) is 20.4 Å². The number of carbonyl (C=O) groups is 1. The summed E-state index contributed by atoms with van der Waals surface area (Å²) >= 11 is 0. The number of nitrogens with zero attached hydrogens (tertiary/aromatic N) is 1. The van der Waals surface area contributed by atoms with Crippen molar-refractivity contribution < 1.29 is 14.0 Å². The van der Waals surface area contributed by atoms with E-state index in [-0.39, 0.29) is 5.97 Å². The van der Waals surface area contributed by atoms with Gasteiger partial charge < -0.3 is 9.22 Å². The summed E-state index contributed by atoms with van der Waals surface area (Å²) in [5.41, 5.74) is 0. The molecule has 0 aliphatic heterocycles. The normalized spacial score (nSPS) is 16.0. The highest BCUT2D eigenvalue weighted by atomic mass is 16.5. The number of esters is 1. The van der Waals surface area contributed by atoms with Gasteiger partial charge in [-0.15, -0.1) is 0 Å². The summed E-state index contributed by atoms with van der Waals surface area (Å²) in [6.07, 6.45) is 3.54. The third-order valence-corrected chi connectivity index (χ3v) is 3.77. The smallest absolute Gasteiger partial charge is 0.330 e. The van der Waals surface area contributed by atoms with Crippen LogP contribution in [0.25, 0.3) is 0 Å². The molecule has 3 heteroatoms. The predicted molar refractivity (Wildman–Crippen MR) is 71.7 cm³/mol.